The van der Waals surface area contributed by atoms with Crippen LogP contribution in [-0.4, -0.2) is 38.2 Å². The van der Waals surface area contributed by atoms with Gasteiger partial charge in [0.25, 0.3) is 0 Å². The van der Waals surface area contributed by atoms with Gasteiger partial charge in [0.1, 0.15) is 5.82 Å². The van der Waals surface area contributed by atoms with E-state index in [0.717, 1.165) is 32.2 Å². The summed E-state index contributed by atoms with van der Waals surface area (Å²) in [6, 6.07) is 2.99. The second kappa shape index (κ2) is 5.90. The van der Waals surface area contributed by atoms with Crippen molar-refractivity contribution >= 4 is 15.8 Å². The van der Waals surface area contributed by atoms with Crippen LogP contribution in [0, 0.1) is 0 Å². The molecule has 3 unspecified atom stereocenters. The summed E-state index contributed by atoms with van der Waals surface area (Å²) in [4.78, 5) is 4.38. The molecule has 6 nitrogen and oxygen atoms in total. The topological polar surface area (TPSA) is 80.3 Å². The lowest BCUT2D eigenvalue weighted by Crippen LogP contribution is -2.41. The van der Waals surface area contributed by atoms with E-state index in [1.54, 1.807) is 6.07 Å². The smallest absolute Gasteiger partial charge is 0.241 e. The number of sulfonamides is 1. The van der Waals surface area contributed by atoms with Crippen LogP contribution in [0.1, 0.15) is 32.6 Å². The highest BCUT2D eigenvalue weighted by Crippen LogP contribution is 2.35. The fraction of sp³-hybridized carbons (Fsp3) is 0.643. The monoisotopic (exact) mass is 311 g/mol. The quantitative estimate of drug-likeness (QED) is 0.832. The maximum atomic E-state index is 12.5. The lowest BCUT2D eigenvalue weighted by molar-refractivity contribution is 0.0996. The molecule has 3 rings (SSSR count). The molecule has 2 saturated heterocycles. The van der Waals surface area contributed by atoms with Crippen molar-refractivity contribution in [3.05, 3.63) is 18.3 Å². The number of anilines is 1. The van der Waals surface area contributed by atoms with E-state index in [0.29, 0.717) is 5.82 Å². The Balaban J connectivity index is 1.72. The van der Waals surface area contributed by atoms with Crippen LogP contribution in [0.4, 0.5) is 5.82 Å². The molecule has 2 aliphatic heterocycles. The number of hydrogen-bond acceptors (Lipinski definition) is 5. The summed E-state index contributed by atoms with van der Waals surface area (Å²) >= 11 is 0. The van der Waals surface area contributed by atoms with Crippen molar-refractivity contribution in [3.8, 4) is 0 Å². The van der Waals surface area contributed by atoms with E-state index in [4.69, 9.17) is 4.74 Å². The average molecular weight is 311 g/mol. The second-order valence-corrected chi connectivity index (χ2v) is 7.35. The molecule has 0 radical (unpaired) electrons. The molecule has 2 N–H and O–H groups in total. The number of nitrogens with zero attached hydrogens (tertiary/aromatic N) is 1. The molecule has 116 valence electrons. The van der Waals surface area contributed by atoms with Crippen molar-refractivity contribution < 1.29 is 13.2 Å². The fourth-order valence-electron chi connectivity index (χ4n) is 2.96. The minimum Gasteiger partial charge on any atom is -0.373 e. The number of ether oxygens (including phenoxy) is 1. The van der Waals surface area contributed by atoms with E-state index in [-0.39, 0.29) is 23.1 Å². The first-order valence-electron chi connectivity index (χ1n) is 7.46. The first kappa shape index (κ1) is 14.7. The van der Waals surface area contributed by atoms with Gasteiger partial charge in [0.05, 0.1) is 23.1 Å². The molecular formula is C14H21N3O3S. The van der Waals surface area contributed by atoms with Crippen LogP contribution in [0.25, 0.3) is 0 Å². The minimum absolute atomic E-state index is 0.0318. The zero-order valence-corrected chi connectivity index (χ0v) is 12.9. The van der Waals surface area contributed by atoms with Gasteiger partial charge in [-0.25, -0.2) is 18.1 Å². The molecule has 0 saturated carbocycles. The number of pyridine rings is 1. The van der Waals surface area contributed by atoms with E-state index in [1.165, 1.54) is 12.3 Å². The van der Waals surface area contributed by atoms with E-state index in [9.17, 15) is 8.42 Å². The molecule has 7 heteroatoms. The third-order valence-corrected chi connectivity index (χ3v) is 5.50. The van der Waals surface area contributed by atoms with Crippen LogP contribution in [0.2, 0.25) is 0 Å². The first-order chi connectivity index (χ1) is 10.1. The highest BCUT2D eigenvalue weighted by atomic mass is 32.2. The number of hydrogen-bond donors (Lipinski definition) is 2. The Morgan fingerprint density at radius 2 is 2.29 bits per heavy atom. The zero-order chi connectivity index (χ0) is 14.9. The SMILES string of the molecule is CCCNc1cc(S(=O)(=O)NC2CC3CCC2O3)ccn1. The molecule has 2 bridgehead atoms. The van der Waals surface area contributed by atoms with Crippen molar-refractivity contribution in [2.24, 2.45) is 0 Å². The third kappa shape index (κ3) is 3.20. The molecule has 1 aromatic heterocycles. The molecular weight excluding hydrogens is 290 g/mol. The molecule has 3 heterocycles. The molecule has 21 heavy (non-hydrogen) atoms. The van der Waals surface area contributed by atoms with Crippen molar-refractivity contribution in [2.45, 2.75) is 55.8 Å². The van der Waals surface area contributed by atoms with Gasteiger partial charge in [-0.3, -0.25) is 0 Å². The normalized spacial score (nSPS) is 28.0. The van der Waals surface area contributed by atoms with Gasteiger partial charge in [0.15, 0.2) is 0 Å². The van der Waals surface area contributed by atoms with Crippen molar-refractivity contribution in [3.63, 3.8) is 0 Å². The second-order valence-electron chi connectivity index (χ2n) is 5.64. The lowest BCUT2D eigenvalue weighted by atomic mass is 9.96. The van der Waals surface area contributed by atoms with Gasteiger partial charge in [-0.05, 0) is 31.7 Å². The van der Waals surface area contributed by atoms with Crippen molar-refractivity contribution in [2.75, 3.05) is 11.9 Å². The maximum absolute atomic E-state index is 12.5. The summed E-state index contributed by atoms with van der Waals surface area (Å²) in [5, 5.41) is 3.10. The van der Waals surface area contributed by atoms with Crippen molar-refractivity contribution in [1.82, 2.24) is 9.71 Å². The minimum atomic E-state index is -3.52. The Morgan fingerprint density at radius 1 is 1.43 bits per heavy atom. The lowest BCUT2D eigenvalue weighted by Gasteiger charge is -2.20. The van der Waals surface area contributed by atoms with E-state index >= 15 is 0 Å². The van der Waals surface area contributed by atoms with Crippen LogP contribution < -0.4 is 10.0 Å². The van der Waals surface area contributed by atoms with Gasteiger partial charge < -0.3 is 10.1 Å². The Morgan fingerprint density at radius 3 is 2.95 bits per heavy atom. The molecule has 0 aliphatic carbocycles. The van der Waals surface area contributed by atoms with Crippen LogP contribution in [-0.2, 0) is 14.8 Å². The molecule has 0 amide bonds. The maximum Gasteiger partial charge on any atom is 0.241 e. The largest absolute Gasteiger partial charge is 0.373 e. The van der Waals surface area contributed by atoms with E-state index in [2.05, 4.69) is 15.0 Å². The van der Waals surface area contributed by atoms with Crippen LogP contribution in [0.15, 0.2) is 23.2 Å². The summed E-state index contributed by atoms with van der Waals surface area (Å²) in [5.74, 6) is 0.587. The predicted octanol–water partition coefficient (Wildman–Crippen LogP) is 1.50. The van der Waals surface area contributed by atoms with Crippen LogP contribution in [0.3, 0.4) is 0 Å². The predicted molar refractivity (Wildman–Crippen MR) is 79.6 cm³/mol. The van der Waals surface area contributed by atoms with Gasteiger partial charge in [0, 0.05) is 18.8 Å². The Labute approximate surface area is 125 Å². The fourth-order valence-corrected chi connectivity index (χ4v) is 4.25. The Bertz CT molecular complexity index is 605. The molecule has 0 spiro atoms. The van der Waals surface area contributed by atoms with Gasteiger partial charge in [-0.2, -0.15) is 0 Å². The summed E-state index contributed by atoms with van der Waals surface area (Å²) < 4.78 is 33.4. The highest BCUT2D eigenvalue weighted by Gasteiger charge is 2.42. The Hall–Kier alpha value is -1.18. The van der Waals surface area contributed by atoms with Gasteiger partial charge in [0.2, 0.25) is 10.0 Å². The molecule has 2 fully saturated rings. The third-order valence-electron chi connectivity index (χ3n) is 4.01. The summed E-state index contributed by atoms with van der Waals surface area (Å²) in [5.41, 5.74) is 0. The molecule has 0 aromatic carbocycles. The standard InChI is InChI=1S/C14H21N3O3S/c1-2-6-15-14-9-11(5-7-16-14)21(18,19)17-12-8-10-3-4-13(12)20-10/h5,7,9-10,12-13,17H,2-4,6,8H2,1H3,(H,15,16). The summed E-state index contributed by atoms with van der Waals surface area (Å²) in [6.45, 7) is 2.81. The van der Waals surface area contributed by atoms with E-state index in [1.807, 2.05) is 6.92 Å². The van der Waals surface area contributed by atoms with Crippen molar-refractivity contribution in [1.29, 1.82) is 0 Å². The summed E-state index contributed by atoms with van der Waals surface area (Å²) in [7, 11) is -3.52. The van der Waals surface area contributed by atoms with Gasteiger partial charge in [-0.1, -0.05) is 6.92 Å². The number of nitrogens with one attached hydrogen (secondary N) is 2. The number of aromatic nitrogens is 1. The first-order valence-corrected chi connectivity index (χ1v) is 8.94. The zero-order valence-electron chi connectivity index (χ0n) is 12.1. The summed E-state index contributed by atoms with van der Waals surface area (Å²) in [6.07, 6.45) is 5.49. The van der Waals surface area contributed by atoms with Crippen LogP contribution in [0.5, 0.6) is 0 Å². The molecule has 2 aliphatic rings. The number of rotatable bonds is 6. The highest BCUT2D eigenvalue weighted by molar-refractivity contribution is 7.89. The average Bonchev–Trinajstić information content (AvgIpc) is 3.07. The van der Waals surface area contributed by atoms with E-state index < -0.39 is 10.0 Å². The molecule has 3 atom stereocenters. The van der Waals surface area contributed by atoms with Gasteiger partial charge >= 0.3 is 0 Å². The van der Waals surface area contributed by atoms with Crippen LogP contribution >= 0.6 is 0 Å². The number of fused-ring (bicyclic) bond motifs is 2. The van der Waals surface area contributed by atoms with Gasteiger partial charge in [-0.15, -0.1) is 0 Å². The molecule has 1 aromatic rings. The Kier molecular flexibility index (Phi) is 4.14.